The first kappa shape index (κ1) is 17.2. The van der Waals surface area contributed by atoms with Crippen molar-refractivity contribution >= 4 is 0 Å². The molecule has 0 saturated heterocycles. The minimum absolute atomic E-state index is 0.311. The molecule has 0 amide bonds. The summed E-state index contributed by atoms with van der Waals surface area (Å²) in [6, 6.07) is 24.8. The number of aryl methyl sites for hydroxylation is 2. The summed E-state index contributed by atoms with van der Waals surface area (Å²) >= 11 is 0. The number of nitrogens with two attached hydrogens (primary N) is 1. The number of para-hydroxylation sites is 1. The summed E-state index contributed by atoms with van der Waals surface area (Å²) in [7, 11) is 0. The molecular weight excluding hydrogens is 306 g/mol. The van der Waals surface area contributed by atoms with Gasteiger partial charge in [0, 0.05) is 5.92 Å². The molecule has 0 saturated carbocycles. The summed E-state index contributed by atoms with van der Waals surface area (Å²) in [6.07, 6.45) is 0.908. The van der Waals surface area contributed by atoms with E-state index < -0.39 is 0 Å². The maximum atomic E-state index is 6.07. The third-order valence-corrected chi connectivity index (χ3v) is 4.65. The molecule has 0 bridgehead atoms. The molecule has 0 aliphatic heterocycles. The van der Waals surface area contributed by atoms with Gasteiger partial charge in [0.15, 0.2) is 0 Å². The third kappa shape index (κ3) is 4.49. The second-order valence-electron chi connectivity index (χ2n) is 6.54. The summed E-state index contributed by atoms with van der Waals surface area (Å²) in [5, 5.41) is 0. The number of hydrogen-bond donors (Lipinski definition) is 1. The lowest BCUT2D eigenvalue weighted by Gasteiger charge is -2.17. The third-order valence-electron chi connectivity index (χ3n) is 4.65. The molecular formula is C23H25NO. The van der Waals surface area contributed by atoms with Crippen molar-refractivity contribution in [2.45, 2.75) is 26.2 Å². The quantitative estimate of drug-likeness (QED) is 0.658. The molecule has 2 nitrogen and oxygen atoms in total. The monoisotopic (exact) mass is 331 g/mol. The van der Waals surface area contributed by atoms with Gasteiger partial charge in [0.2, 0.25) is 0 Å². The Kier molecular flexibility index (Phi) is 5.52. The van der Waals surface area contributed by atoms with E-state index in [0.717, 1.165) is 17.9 Å². The van der Waals surface area contributed by atoms with E-state index in [4.69, 9.17) is 10.5 Å². The van der Waals surface area contributed by atoms with Crippen molar-refractivity contribution in [2.24, 2.45) is 5.73 Å². The number of ether oxygens (including phenoxy) is 1. The van der Waals surface area contributed by atoms with Crippen LogP contribution in [-0.2, 0) is 6.42 Å². The van der Waals surface area contributed by atoms with Crippen molar-refractivity contribution in [1.29, 1.82) is 0 Å². The van der Waals surface area contributed by atoms with Gasteiger partial charge in [-0.2, -0.15) is 0 Å². The van der Waals surface area contributed by atoms with Gasteiger partial charge in [-0.05, 0) is 73.3 Å². The number of hydrogen-bond acceptors (Lipinski definition) is 2. The molecule has 128 valence electrons. The maximum Gasteiger partial charge on any atom is 0.127 e. The van der Waals surface area contributed by atoms with Crippen molar-refractivity contribution in [2.75, 3.05) is 6.54 Å². The zero-order valence-electron chi connectivity index (χ0n) is 14.9. The van der Waals surface area contributed by atoms with Gasteiger partial charge in [-0.15, -0.1) is 0 Å². The zero-order valence-corrected chi connectivity index (χ0v) is 14.9. The van der Waals surface area contributed by atoms with E-state index in [1.807, 2.05) is 42.5 Å². The van der Waals surface area contributed by atoms with E-state index >= 15 is 0 Å². The Hall–Kier alpha value is -2.58. The van der Waals surface area contributed by atoms with Crippen LogP contribution in [-0.4, -0.2) is 6.54 Å². The largest absolute Gasteiger partial charge is 0.457 e. The average molecular weight is 331 g/mol. The first-order valence-corrected chi connectivity index (χ1v) is 8.75. The first-order chi connectivity index (χ1) is 12.2. The van der Waals surface area contributed by atoms with Crippen LogP contribution in [0.25, 0.3) is 0 Å². The predicted octanol–water partition coefficient (Wildman–Crippen LogP) is 5.38. The SMILES string of the molecule is Cc1ccc(C(CN)Cc2cccc(Oc3ccccc3)c2)cc1C. The molecule has 0 aromatic heterocycles. The van der Waals surface area contributed by atoms with Crippen molar-refractivity contribution < 1.29 is 4.74 Å². The molecule has 1 atom stereocenters. The Morgan fingerprint density at radius 2 is 1.56 bits per heavy atom. The van der Waals surface area contributed by atoms with Gasteiger partial charge in [-0.25, -0.2) is 0 Å². The van der Waals surface area contributed by atoms with Gasteiger partial charge in [-0.1, -0.05) is 48.5 Å². The van der Waals surface area contributed by atoms with Gasteiger partial charge in [0.1, 0.15) is 11.5 Å². The second-order valence-corrected chi connectivity index (χ2v) is 6.54. The molecule has 3 rings (SSSR count). The second kappa shape index (κ2) is 8.00. The van der Waals surface area contributed by atoms with Crippen LogP contribution in [0.3, 0.4) is 0 Å². The first-order valence-electron chi connectivity index (χ1n) is 8.75. The van der Waals surface area contributed by atoms with E-state index in [0.29, 0.717) is 12.5 Å². The summed E-state index contributed by atoms with van der Waals surface area (Å²) in [4.78, 5) is 0. The minimum Gasteiger partial charge on any atom is -0.457 e. The maximum absolute atomic E-state index is 6.07. The van der Waals surface area contributed by atoms with Crippen LogP contribution in [0, 0.1) is 13.8 Å². The van der Waals surface area contributed by atoms with E-state index in [-0.39, 0.29) is 0 Å². The average Bonchev–Trinajstić information content (AvgIpc) is 2.63. The Bertz CT molecular complexity index is 827. The van der Waals surface area contributed by atoms with E-state index in [1.54, 1.807) is 0 Å². The Morgan fingerprint density at radius 3 is 2.28 bits per heavy atom. The van der Waals surface area contributed by atoms with Gasteiger partial charge in [-0.3, -0.25) is 0 Å². The van der Waals surface area contributed by atoms with E-state index in [2.05, 4.69) is 44.2 Å². The van der Waals surface area contributed by atoms with E-state index in [9.17, 15) is 0 Å². The Morgan fingerprint density at radius 1 is 0.800 bits per heavy atom. The van der Waals surface area contributed by atoms with Crippen LogP contribution in [0.1, 0.15) is 28.2 Å². The standard InChI is InChI=1S/C23H25NO/c1-17-11-12-20(13-18(17)2)21(16-24)14-19-7-6-10-23(15-19)25-22-8-4-3-5-9-22/h3-13,15,21H,14,16,24H2,1-2H3. The van der Waals surface area contributed by atoms with Crippen LogP contribution in [0.4, 0.5) is 0 Å². The summed E-state index contributed by atoms with van der Waals surface area (Å²) in [6.45, 7) is 4.92. The topological polar surface area (TPSA) is 35.2 Å². The molecule has 0 spiro atoms. The molecule has 3 aromatic carbocycles. The lowest BCUT2D eigenvalue weighted by molar-refractivity contribution is 0.481. The van der Waals surface area contributed by atoms with Gasteiger partial charge in [0.05, 0.1) is 0 Å². The summed E-state index contributed by atoms with van der Waals surface area (Å²) in [5.74, 6) is 2.02. The zero-order chi connectivity index (χ0) is 17.6. The van der Waals surface area contributed by atoms with Gasteiger partial charge < -0.3 is 10.5 Å². The Labute approximate surface area is 150 Å². The smallest absolute Gasteiger partial charge is 0.127 e. The molecule has 2 N–H and O–H groups in total. The van der Waals surface area contributed by atoms with Crippen molar-refractivity contribution in [3.8, 4) is 11.5 Å². The van der Waals surface area contributed by atoms with Crippen molar-refractivity contribution in [3.63, 3.8) is 0 Å². The summed E-state index contributed by atoms with van der Waals surface area (Å²) in [5.41, 5.74) is 11.2. The normalized spacial score (nSPS) is 12.0. The van der Waals surface area contributed by atoms with Crippen LogP contribution >= 0.6 is 0 Å². The summed E-state index contributed by atoms with van der Waals surface area (Å²) < 4.78 is 5.94. The fraction of sp³-hybridized carbons (Fsp3) is 0.217. The van der Waals surface area contributed by atoms with Gasteiger partial charge in [0.25, 0.3) is 0 Å². The molecule has 2 heteroatoms. The molecule has 0 fully saturated rings. The molecule has 0 aliphatic rings. The fourth-order valence-electron chi connectivity index (χ4n) is 3.00. The highest BCUT2D eigenvalue weighted by atomic mass is 16.5. The molecule has 25 heavy (non-hydrogen) atoms. The van der Waals surface area contributed by atoms with Crippen LogP contribution in [0.5, 0.6) is 11.5 Å². The molecule has 0 radical (unpaired) electrons. The van der Waals surface area contributed by atoms with E-state index in [1.165, 1.54) is 22.3 Å². The van der Waals surface area contributed by atoms with Gasteiger partial charge >= 0.3 is 0 Å². The molecule has 0 heterocycles. The van der Waals surface area contributed by atoms with Crippen molar-refractivity contribution in [3.05, 3.63) is 95.1 Å². The molecule has 1 unspecified atom stereocenters. The highest BCUT2D eigenvalue weighted by Crippen LogP contribution is 2.26. The van der Waals surface area contributed by atoms with Crippen LogP contribution in [0.2, 0.25) is 0 Å². The minimum atomic E-state index is 0.311. The predicted molar refractivity (Wildman–Crippen MR) is 104 cm³/mol. The lowest BCUT2D eigenvalue weighted by atomic mass is 9.90. The molecule has 3 aromatic rings. The van der Waals surface area contributed by atoms with Crippen molar-refractivity contribution in [1.82, 2.24) is 0 Å². The highest BCUT2D eigenvalue weighted by Gasteiger charge is 2.12. The lowest BCUT2D eigenvalue weighted by Crippen LogP contribution is -2.15. The Balaban J connectivity index is 1.76. The number of benzene rings is 3. The van der Waals surface area contributed by atoms with Crippen LogP contribution < -0.4 is 10.5 Å². The molecule has 0 aliphatic carbocycles. The van der Waals surface area contributed by atoms with Crippen LogP contribution in [0.15, 0.2) is 72.8 Å². The number of rotatable bonds is 6. The highest BCUT2D eigenvalue weighted by molar-refractivity contribution is 5.36. The fourth-order valence-corrected chi connectivity index (χ4v) is 3.00.